The molecule has 0 heterocycles. The van der Waals surface area contributed by atoms with Crippen molar-refractivity contribution in [1.29, 1.82) is 0 Å². The second kappa shape index (κ2) is 36.5. The van der Waals surface area contributed by atoms with Crippen LogP contribution in [0.5, 0.6) is 0 Å². The molecule has 0 aliphatic heterocycles. The summed E-state index contributed by atoms with van der Waals surface area (Å²) in [5, 5.41) is 0. The van der Waals surface area contributed by atoms with E-state index in [0.717, 1.165) is 0 Å². The molecule has 0 aromatic carbocycles. The van der Waals surface area contributed by atoms with Gasteiger partial charge in [0.2, 0.25) is 0 Å². The first kappa shape index (κ1) is 22.5. The predicted octanol–water partition coefficient (Wildman–Crippen LogP) is -1.16. The molecule has 6 heteroatoms. The standard InChI is InChI=1S/La.Mn.2O.Sr.Y.2H. The van der Waals surface area contributed by atoms with E-state index in [9.17, 15) is 0 Å². The fourth-order valence-electron chi connectivity index (χ4n) is 0. The van der Waals surface area contributed by atoms with Gasteiger partial charge in [-0.15, -0.1) is 0 Å². The molecule has 0 aromatic heterocycles. The summed E-state index contributed by atoms with van der Waals surface area (Å²) >= 11 is 1.79. The second-order valence-electron chi connectivity index (χ2n) is 0. The van der Waals surface area contributed by atoms with Gasteiger partial charge in [0.15, 0.2) is 0 Å². The third kappa shape index (κ3) is 24.7. The van der Waals surface area contributed by atoms with E-state index in [1.165, 1.54) is 0 Å². The predicted molar refractivity (Wildman–Crippen MR) is 9.92 cm³/mol. The first-order valence-corrected chi connectivity index (χ1v) is 2.03. The van der Waals surface area contributed by atoms with Crippen LogP contribution in [-0.2, 0) is 52.8 Å². The molecule has 0 bridgehead atoms. The van der Waals surface area contributed by atoms with Crippen LogP contribution < -0.4 is 0 Å². The van der Waals surface area contributed by atoms with Gasteiger partial charge in [-0.25, -0.2) is 0 Å². The van der Waals surface area contributed by atoms with Gasteiger partial charge in [0.25, 0.3) is 0 Å². The molecule has 0 unspecified atom stereocenters. The average Bonchev–Trinajstić information content (AvgIpc) is 1.50. The molecule has 0 saturated carbocycles. The van der Waals surface area contributed by atoms with E-state index in [2.05, 4.69) is 0 Å². The van der Waals surface area contributed by atoms with Crippen molar-refractivity contribution in [2.75, 3.05) is 0 Å². The van der Waals surface area contributed by atoms with Crippen LogP contribution in [-0.4, -0.2) is 45.5 Å². The van der Waals surface area contributed by atoms with Gasteiger partial charge in [-0.2, -0.15) is 0 Å². The molecule has 0 aliphatic rings. The van der Waals surface area contributed by atoms with E-state index < -0.39 is 0 Å². The molecule has 0 amide bonds. The molecule has 0 spiro atoms. The average molecular weight is 404 g/mol. The fraction of sp³-hybridized carbons (Fsp3) is 0. The van der Waals surface area contributed by atoms with Crippen molar-refractivity contribution < 1.29 is 88.4 Å². The summed E-state index contributed by atoms with van der Waals surface area (Å²) in [6, 6.07) is 0. The van der Waals surface area contributed by atoms with E-state index in [0.29, 0.717) is 0 Å². The minimum absolute atomic E-state index is 0. The first-order valence-electron chi connectivity index (χ1n) is 0.390. The van der Waals surface area contributed by atoms with E-state index in [1.807, 2.05) is 0 Å². The molecule has 0 N–H and O–H groups in total. The van der Waals surface area contributed by atoms with Gasteiger partial charge >= 0.3 is 98.3 Å². The van der Waals surface area contributed by atoms with Crippen LogP contribution in [0.4, 0.5) is 0 Å². The number of rotatable bonds is 0. The zero-order chi connectivity index (χ0) is 4.00. The zero-order valence-electron chi connectivity index (χ0n) is 2.35. The van der Waals surface area contributed by atoms with Crippen LogP contribution in [0.15, 0.2) is 0 Å². The first-order chi connectivity index (χ1) is 2.00. The monoisotopic (exact) mass is 405 g/mol. The van der Waals surface area contributed by atoms with Crippen LogP contribution in [0.25, 0.3) is 0 Å². The summed E-state index contributed by atoms with van der Waals surface area (Å²) < 4.78 is 16.4. The molecule has 0 saturated heterocycles. The van der Waals surface area contributed by atoms with Gasteiger partial charge in [0.05, 0.1) is 0 Å². The summed E-state index contributed by atoms with van der Waals surface area (Å²) in [7, 11) is 0. The van der Waals surface area contributed by atoms with Gasteiger partial charge in [0.1, 0.15) is 0 Å². The Balaban J connectivity index is -0.00000000500. The van der Waals surface area contributed by atoms with Crippen LogP contribution in [0, 0.1) is 35.6 Å². The zero-order valence-corrected chi connectivity index (χ0v) is 9.99. The van der Waals surface area contributed by atoms with Gasteiger partial charge in [-0.3, -0.25) is 0 Å². The maximum absolute atomic E-state index is 8.38. The topological polar surface area (TPSA) is 34.1 Å². The molecule has 6 heavy (non-hydrogen) atoms. The van der Waals surface area contributed by atoms with Gasteiger partial charge < -0.3 is 0 Å². The van der Waals surface area contributed by atoms with Gasteiger partial charge in [-0.05, 0) is 0 Å². The Hall–Kier alpha value is 3.90. The summed E-state index contributed by atoms with van der Waals surface area (Å²) in [5.74, 6) is 0. The molecule has 29 valence electrons. The third-order valence-corrected chi connectivity index (χ3v) is 0. The van der Waals surface area contributed by atoms with Crippen molar-refractivity contribution in [1.82, 2.24) is 0 Å². The molecule has 0 rings (SSSR count). The van der Waals surface area contributed by atoms with Crippen molar-refractivity contribution in [3.63, 3.8) is 0 Å². The molecule has 0 atom stereocenters. The Morgan fingerprint density at radius 2 is 1.17 bits per heavy atom. The molecule has 2 nitrogen and oxygen atoms in total. The SMILES string of the molecule is [La].[O]=[Mn].[O]=[Y].[SrH2]. The van der Waals surface area contributed by atoms with Gasteiger partial charge in [-0.1, -0.05) is 0 Å². The summed E-state index contributed by atoms with van der Waals surface area (Å²) in [4.78, 5) is 0. The number of hydrogen-bond donors (Lipinski definition) is 0. The van der Waals surface area contributed by atoms with Crippen LogP contribution in [0.3, 0.4) is 0 Å². The Bertz CT molecular complexity index is 15.5. The Morgan fingerprint density at radius 1 is 1.17 bits per heavy atom. The third-order valence-electron chi connectivity index (χ3n) is 0. The van der Waals surface area contributed by atoms with Crippen LogP contribution in [0.2, 0.25) is 0 Å². The number of hydrogen-bond acceptors (Lipinski definition) is 2. The van der Waals surface area contributed by atoms with Crippen molar-refractivity contribution in [2.45, 2.75) is 0 Å². The van der Waals surface area contributed by atoms with Crippen molar-refractivity contribution >= 4 is 45.5 Å². The summed E-state index contributed by atoms with van der Waals surface area (Å²) in [6.07, 6.45) is 0. The van der Waals surface area contributed by atoms with Crippen LogP contribution in [0.1, 0.15) is 0 Å². The summed E-state index contributed by atoms with van der Waals surface area (Å²) in [6.45, 7) is 0. The minimum atomic E-state index is 0. The van der Waals surface area contributed by atoms with Gasteiger partial charge in [0, 0.05) is 35.6 Å². The molecular formula is H2LaMnO2SrY. The summed E-state index contributed by atoms with van der Waals surface area (Å²) in [5.41, 5.74) is 0. The molecule has 0 aliphatic carbocycles. The van der Waals surface area contributed by atoms with E-state index in [-0.39, 0.29) is 112 Å². The van der Waals surface area contributed by atoms with Crippen molar-refractivity contribution in [3.8, 4) is 0 Å². The Morgan fingerprint density at radius 3 is 1.17 bits per heavy atom. The fourth-order valence-corrected chi connectivity index (χ4v) is 0. The van der Waals surface area contributed by atoms with Crippen molar-refractivity contribution in [2.24, 2.45) is 0 Å². The van der Waals surface area contributed by atoms with E-state index in [1.54, 1.807) is 15.9 Å². The second-order valence-corrected chi connectivity index (χ2v) is 0. The normalized spacial score (nSPS) is 1.67. The van der Waals surface area contributed by atoms with Crippen molar-refractivity contribution in [3.05, 3.63) is 0 Å². The quantitative estimate of drug-likeness (QED) is 0.478. The van der Waals surface area contributed by atoms with E-state index in [4.69, 9.17) is 5.88 Å². The molecule has 0 aromatic rings. The van der Waals surface area contributed by atoms with E-state index >= 15 is 0 Å². The molecule has 0 fully saturated rings. The molecule has 1 radical (unpaired) electrons. The maximum atomic E-state index is 8.38. The van der Waals surface area contributed by atoms with Crippen LogP contribution >= 0.6 is 0 Å². The Kier molecular flexibility index (Phi) is 137. The Labute approximate surface area is 130 Å². The molecular weight excluding hydrogens is 402 g/mol.